The molecule has 0 amide bonds. The van der Waals surface area contributed by atoms with Crippen molar-refractivity contribution in [2.45, 2.75) is 13.8 Å². The van der Waals surface area contributed by atoms with E-state index in [1.165, 1.54) is 11.1 Å². The number of rotatable bonds is 8. The van der Waals surface area contributed by atoms with Gasteiger partial charge in [0.2, 0.25) is 0 Å². The van der Waals surface area contributed by atoms with Crippen LogP contribution >= 0.6 is 0 Å². The van der Waals surface area contributed by atoms with Crippen molar-refractivity contribution in [3.63, 3.8) is 0 Å². The molecule has 0 aliphatic heterocycles. The molecule has 6 aromatic rings. The first-order valence-electron chi connectivity index (χ1n) is 15.4. The molecule has 6 rings (SSSR count). The molecule has 224 valence electrons. The molecule has 0 radical (unpaired) electrons. The van der Waals surface area contributed by atoms with Gasteiger partial charge in [0.15, 0.2) is 0 Å². The van der Waals surface area contributed by atoms with Crippen LogP contribution in [0.15, 0.2) is 151 Å². The van der Waals surface area contributed by atoms with Crippen molar-refractivity contribution < 1.29 is 0 Å². The lowest BCUT2D eigenvalue weighted by atomic mass is 9.99. The first-order chi connectivity index (χ1) is 23.0. The molecule has 0 aromatic heterocycles. The minimum Gasteiger partial charge on any atom is -0.311 e. The van der Waals surface area contributed by atoms with Gasteiger partial charge in [-0.2, -0.15) is 10.5 Å². The summed E-state index contributed by atoms with van der Waals surface area (Å²) in [5.41, 5.74) is 12.6. The van der Waals surface area contributed by atoms with E-state index in [2.05, 4.69) is 121 Å². The second-order valence-corrected chi connectivity index (χ2v) is 11.4. The monoisotopic (exact) mass is 604 g/mol. The molecule has 0 unspecified atom stereocenters. The lowest BCUT2D eigenvalue weighted by molar-refractivity contribution is 1.27. The van der Waals surface area contributed by atoms with Crippen molar-refractivity contribution in [1.82, 2.24) is 0 Å². The molecule has 0 atom stereocenters. The predicted molar refractivity (Wildman–Crippen MR) is 194 cm³/mol. The topological polar surface area (TPSA) is 63.2 Å². The third-order valence-electron chi connectivity index (χ3n) is 7.97. The Hall–Kier alpha value is -6.49. The Bertz CT molecular complexity index is 2060. The minimum atomic E-state index is 0.604. The van der Waals surface area contributed by atoms with Crippen molar-refractivity contribution in [3.05, 3.63) is 179 Å². The maximum absolute atomic E-state index is 10.0. The summed E-state index contributed by atoms with van der Waals surface area (Å²) in [5, 5.41) is 19.0. The predicted octanol–water partition coefficient (Wildman–Crippen LogP) is 11.1. The molecule has 4 nitrogen and oxygen atoms in total. The molecule has 0 bridgehead atoms. The van der Waals surface area contributed by atoms with Crippen LogP contribution in [0.5, 0.6) is 0 Å². The SMILES string of the molecule is Cc1ccc(N(c2ccc(C)cc2)c2ccc(/C=C(\C#N)c3ccc(-c4ccc(/C=N/c5ccc(C#N)cc5)cc4)cc3)cc2)cc1. The highest BCUT2D eigenvalue weighted by Gasteiger charge is 2.12. The normalized spacial score (nSPS) is 11.2. The van der Waals surface area contributed by atoms with Crippen LogP contribution in [0.25, 0.3) is 22.8 Å². The number of aliphatic imine (C=N–C) groups is 1. The van der Waals surface area contributed by atoms with Gasteiger partial charge in [0.25, 0.3) is 0 Å². The number of hydrogen-bond donors (Lipinski definition) is 0. The average Bonchev–Trinajstić information content (AvgIpc) is 3.12. The van der Waals surface area contributed by atoms with Crippen molar-refractivity contribution in [2.75, 3.05) is 4.90 Å². The van der Waals surface area contributed by atoms with Gasteiger partial charge in [0, 0.05) is 23.3 Å². The Morgan fingerprint density at radius 2 is 1.02 bits per heavy atom. The van der Waals surface area contributed by atoms with Crippen molar-refractivity contribution in [3.8, 4) is 23.3 Å². The first-order valence-corrected chi connectivity index (χ1v) is 15.4. The zero-order chi connectivity index (χ0) is 32.6. The van der Waals surface area contributed by atoms with E-state index in [9.17, 15) is 5.26 Å². The van der Waals surface area contributed by atoms with E-state index in [0.29, 0.717) is 11.1 Å². The smallest absolute Gasteiger partial charge is 0.0998 e. The lowest BCUT2D eigenvalue weighted by Gasteiger charge is -2.26. The molecule has 0 heterocycles. The molecule has 0 saturated heterocycles. The number of allylic oxidation sites excluding steroid dienone is 1. The van der Waals surface area contributed by atoms with Crippen molar-refractivity contribution >= 4 is 40.6 Å². The fourth-order valence-corrected chi connectivity index (χ4v) is 5.28. The minimum absolute atomic E-state index is 0.604. The van der Waals surface area contributed by atoms with Crippen LogP contribution in [-0.2, 0) is 0 Å². The molecule has 4 heteroatoms. The van der Waals surface area contributed by atoms with Crippen LogP contribution in [0.1, 0.15) is 33.4 Å². The summed E-state index contributed by atoms with van der Waals surface area (Å²) in [5.74, 6) is 0. The van der Waals surface area contributed by atoms with Gasteiger partial charge in [-0.25, -0.2) is 0 Å². The zero-order valence-electron chi connectivity index (χ0n) is 26.3. The van der Waals surface area contributed by atoms with Gasteiger partial charge >= 0.3 is 0 Å². The number of nitrogens with zero attached hydrogens (tertiary/aromatic N) is 4. The summed E-state index contributed by atoms with van der Waals surface area (Å²) in [6.07, 6.45) is 3.75. The highest BCUT2D eigenvalue weighted by atomic mass is 15.1. The molecule has 0 spiro atoms. The number of anilines is 3. The van der Waals surface area contributed by atoms with E-state index in [1.54, 1.807) is 12.1 Å². The Balaban J connectivity index is 1.18. The van der Waals surface area contributed by atoms with Gasteiger partial charge < -0.3 is 4.90 Å². The van der Waals surface area contributed by atoms with Crippen LogP contribution in [0, 0.1) is 36.5 Å². The van der Waals surface area contributed by atoms with Gasteiger partial charge in [-0.1, -0.05) is 96.1 Å². The van der Waals surface area contributed by atoms with Crippen molar-refractivity contribution in [2.24, 2.45) is 4.99 Å². The van der Waals surface area contributed by atoms with Crippen LogP contribution in [0.2, 0.25) is 0 Å². The molecule has 0 saturated carbocycles. The summed E-state index contributed by atoms with van der Waals surface area (Å²) in [4.78, 5) is 6.74. The zero-order valence-corrected chi connectivity index (χ0v) is 26.3. The summed E-state index contributed by atoms with van der Waals surface area (Å²) < 4.78 is 0. The molecule has 0 fully saturated rings. The van der Waals surface area contributed by atoms with E-state index in [1.807, 2.05) is 60.8 Å². The molecule has 0 aliphatic carbocycles. The number of benzene rings is 6. The van der Waals surface area contributed by atoms with E-state index < -0.39 is 0 Å². The van der Waals surface area contributed by atoms with Crippen LogP contribution < -0.4 is 4.90 Å². The number of aryl methyl sites for hydroxylation is 2. The second-order valence-electron chi connectivity index (χ2n) is 11.4. The van der Waals surface area contributed by atoms with E-state index in [-0.39, 0.29) is 0 Å². The number of hydrogen-bond acceptors (Lipinski definition) is 4. The maximum Gasteiger partial charge on any atom is 0.0998 e. The van der Waals surface area contributed by atoms with E-state index in [4.69, 9.17) is 5.26 Å². The van der Waals surface area contributed by atoms with Crippen LogP contribution in [0.3, 0.4) is 0 Å². The standard InChI is InChI=1S/C43H32N4/c1-31-3-21-41(22-4-31)47(42-23-5-32(2)6-24-42)43-25-11-33(12-26-43)27-39(29-45)38-17-15-37(16-18-38)36-13-7-35(8-14-36)30-46-40-19-9-34(28-44)10-20-40/h3-27,30H,1-2H3/b39-27+,46-30+. The second kappa shape index (κ2) is 14.1. The summed E-state index contributed by atoms with van der Waals surface area (Å²) in [6, 6.07) is 53.3. The van der Waals surface area contributed by atoms with Crippen LogP contribution in [0.4, 0.5) is 22.7 Å². The third-order valence-corrected chi connectivity index (χ3v) is 7.97. The molecular weight excluding hydrogens is 573 g/mol. The summed E-state index contributed by atoms with van der Waals surface area (Å²) in [7, 11) is 0. The van der Waals surface area contributed by atoms with Gasteiger partial charge in [0.1, 0.15) is 0 Å². The Labute approximate surface area is 276 Å². The van der Waals surface area contributed by atoms with Crippen molar-refractivity contribution in [1.29, 1.82) is 10.5 Å². The average molecular weight is 605 g/mol. The first kappa shape index (κ1) is 30.5. The molecule has 47 heavy (non-hydrogen) atoms. The molecule has 6 aromatic carbocycles. The van der Waals surface area contributed by atoms with E-state index in [0.717, 1.165) is 50.6 Å². The molecule has 0 aliphatic rings. The van der Waals surface area contributed by atoms with Gasteiger partial charge in [0.05, 0.1) is 29.0 Å². The Morgan fingerprint density at radius 1 is 0.553 bits per heavy atom. The highest BCUT2D eigenvalue weighted by Crippen LogP contribution is 2.35. The highest BCUT2D eigenvalue weighted by molar-refractivity contribution is 5.90. The number of nitriles is 2. The Kier molecular flexibility index (Phi) is 9.15. The molecule has 0 N–H and O–H groups in total. The summed E-state index contributed by atoms with van der Waals surface area (Å²) >= 11 is 0. The van der Waals surface area contributed by atoms with Gasteiger partial charge in [-0.05, 0) is 108 Å². The van der Waals surface area contributed by atoms with E-state index >= 15 is 0 Å². The molecular formula is C43H32N4. The lowest BCUT2D eigenvalue weighted by Crippen LogP contribution is -2.09. The van der Waals surface area contributed by atoms with Crippen LogP contribution in [-0.4, -0.2) is 6.21 Å². The fourth-order valence-electron chi connectivity index (χ4n) is 5.28. The van der Waals surface area contributed by atoms with Gasteiger partial charge in [-0.15, -0.1) is 0 Å². The maximum atomic E-state index is 10.0. The fraction of sp³-hybridized carbons (Fsp3) is 0.0465. The Morgan fingerprint density at radius 3 is 1.51 bits per heavy atom. The third kappa shape index (κ3) is 7.43. The largest absolute Gasteiger partial charge is 0.311 e. The quantitative estimate of drug-likeness (QED) is 0.0986. The van der Waals surface area contributed by atoms with Gasteiger partial charge in [-0.3, -0.25) is 4.99 Å². The summed E-state index contributed by atoms with van der Waals surface area (Å²) in [6.45, 7) is 4.19.